The Labute approximate surface area is 110 Å². The molecule has 0 bridgehead atoms. The Kier molecular flexibility index (Phi) is 7.64. The molecule has 5 heteroatoms. The third-order valence-corrected chi connectivity index (χ3v) is 3.12. The van der Waals surface area contributed by atoms with E-state index in [2.05, 4.69) is 16.8 Å². The van der Waals surface area contributed by atoms with Gasteiger partial charge in [0.05, 0.1) is 13.2 Å². The largest absolute Gasteiger partial charge is 0.383 e. The summed E-state index contributed by atoms with van der Waals surface area (Å²) in [4.78, 5) is 16.2. The normalized spacial score (nSPS) is 17.5. The number of amides is 1. The van der Waals surface area contributed by atoms with E-state index in [0.717, 1.165) is 45.8 Å². The van der Waals surface area contributed by atoms with Gasteiger partial charge < -0.3 is 15.0 Å². The van der Waals surface area contributed by atoms with Crippen molar-refractivity contribution in [3.63, 3.8) is 0 Å². The number of hydrogen-bond donors (Lipinski definition) is 1. The summed E-state index contributed by atoms with van der Waals surface area (Å²) in [6.45, 7) is 10.1. The minimum atomic E-state index is 0.186. The van der Waals surface area contributed by atoms with Crippen molar-refractivity contribution in [2.24, 2.45) is 0 Å². The highest BCUT2D eigenvalue weighted by molar-refractivity contribution is 5.78. The monoisotopic (exact) mass is 255 g/mol. The van der Waals surface area contributed by atoms with Crippen LogP contribution in [0.1, 0.15) is 6.42 Å². The maximum absolute atomic E-state index is 11.9. The van der Waals surface area contributed by atoms with E-state index in [1.54, 1.807) is 13.2 Å². The first-order valence-corrected chi connectivity index (χ1v) is 6.58. The molecule has 1 aliphatic heterocycles. The van der Waals surface area contributed by atoms with Gasteiger partial charge in [-0.1, -0.05) is 6.08 Å². The lowest BCUT2D eigenvalue weighted by Gasteiger charge is -2.21. The molecule has 1 amide bonds. The molecule has 0 aromatic carbocycles. The second kappa shape index (κ2) is 9.08. The van der Waals surface area contributed by atoms with Crippen molar-refractivity contribution in [1.82, 2.24) is 15.1 Å². The van der Waals surface area contributed by atoms with Crippen LogP contribution in [0.3, 0.4) is 0 Å². The van der Waals surface area contributed by atoms with Gasteiger partial charge in [0.2, 0.25) is 5.91 Å². The second-order valence-corrected chi connectivity index (χ2v) is 4.49. The van der Waals surface area contributed by atoms with Gasteiger partial charge in [0.15, 0.2) is 0 Å². The lowest BCUT2D eigenvalue weighted by molar-refractivity contribution is -0.130. The van der Waals surface area contributed by atoms with Gasteiger partial charge in [-0.15, -0.1) is 6.58 Å². The molecule has 0 atom stereocenters. The molecule has 0 spiro atoms. The fourth-order valence-corrected chi connectivity index (χ4v) is 2.06. The molecule has 1 saturated heterocycles. The average Bonchev–Trinajstić information content (AvgIpc) is 2.62. The topological polar surface area (TPSA) is 44.8 Å². The van der Waals surface area contributed by atoms with E-state index < -0.39 is 0 Å². The molecule has 5 nitrogen and oxygen atoms in total. The Bertz CT molecular complexity index is 259. The SMILES string of the molecule is C=CCNCC(=O)N1CCCN(CCOC)CC1. The van der Waals surface area contributed by atoms with Crippen LogP contribution in [0.5, 0.6) is 0 Å². The Morgan fingerprint density at radius 3 is 2.94 bits per heavy atom. The molecule has 1 aliphatic rings. The highest BCUT2D eigenvalue weighted by Gasteiger charge is 2.18. The van der Waals surface area contributed by atoms with E-state index >= 15 is 0 Å². The summed E-state index contributed by atoms with van der Waals surface area (Å²) in [6.07, 6.45) is 2.80. The van der Waals surface area contributed by atoms with Crippen LogP contribution < -0.4 is 5.32 Å². The van der Waals surface area contributed by atoms with Crippen LogP contribution in [0.4, 0.5) is 0 Å². The van der Waals surface area contributed by atoms with E-state index in [-0.39, 0.29) is 5.91 Å². The molecule has 0 saturated carbocycles. The van der Waals surface area contributed by atoms with Gasteiger partial charge in [-0.2, -0.15) is 0 Å². The lowest BCUT2D eigenvalue weighted by atomic mass is 10.3. The summed E-state index contributed by atoms with van der Waals surface area (Å²) >= 11 is 0. The number of hydrogen-bond acceptors (Lipinski definition) is 4. The molecule has 1 N–H and O–H groups in total. The molecule has 18 heavy (non-hydrogen) atoms. The highest BCUT2D eigenvalue weighted by Crippen LogP contribution is 2.03. The maximum atomic E-state index is 11.9. The average molecular weight is 255 g/mol. The van der Waals surface area contributed by atoms with E-state index in [0.29, 0.717) is 13.1 Å². The molecule has 0 aromatic heterocycles. The number of carbonyl (C=O) groups excluding carboxylic acids is 1. The Morgan fingerprint density at radius 2 is 2.22 bits per heavy atom. The van der Waals surface area contributed by atoms with Crippen molar-refractivity contribution in [1.29, 1.82) is 0 Å². The summed E-state index contributed by atoms with van der Waals surface area (Å²) in [5.74, 6) is 0.186. The number of methoxy groups -OCH3 is 1. The van der Waals surface area contributed by atoms with Crippen molar-refractivity contribution in [3.8, 4) is 0 Å². The fraction of sp³-hybridized carbons (Fsp3) is 0.769. The van der Waals surface area contributed by atoms with Crippen LogP contribution >= 0.6 is 0 Å². The zero-order valence-electron chi connectivity index (χ0n) is 11.4. The van der Waals surface area contributed by atoms with E-state index in [1.165, 1.54) is 0 Å². The smallest absolute Gasteiger partial charge is 0.236 e. The van der Waals surface area contributed by atoms with Crippen molar-refractivity contribution >= 4 is 5.91 Å². The van der Waals surface area contributed by atoms with E-state index in [1.807, 2.05) is 4.90 Å². The second-order valence-electron chi connectivity index (χ2n) is 4.49. The molecular weight excluding hydrogens is 230 g/mol. The van der Waals surface area contributed by atoms with Crippen LogP contribution in [-0.4, -0.2) is 75.2 Å². The third kappa shape index (κ3) is 5.62. The standard InChI is InChI=1S/C13H25N3O2/c1-3-5-14-12-13(17)16-7-4-6-15(8-9-16)10-11-18-2/h3,14H,1,4-12H2,2H3. The molecule has 104 valence electrons. The van der Waals surface area contributed by atoms with Crippen molar-refractivity contribution in [3.05, 3.63) is 12.7 Å². The van der Waals surface area contributed by atoms with Gasteiger partial charge in [-0.25, -0.2) is 0 Å². The van der Waals surface area contributed by atoms with Crippen LogP contribution in [0.15, 0.2) is 12.7 Å². The highest BCUT2D eigenvalue weighted by atomic mass is 16.5. The molecule has 0 aromatic rings. The predicted octanol–water partition coefficient (Wildman–Crippen LogP) is -0.0573. The molecule has 0 aliphatic carbocycles. The van der Waals surface area contributed by atoms with Gasteiger partial charge in [-0.05, 0) is 13.0 Å². The zero-order chi connectivity index (χ0) is 13.2. The molecule has 1 rings (SSSR count). The van der Waals surface area contributed by atoms with Gasteiger partial charge in [0, 0.05) is 39.8 Å². The van der Waals surface area contributed by atoms with E-state index in [4.69, 9.17) is 4.74 Å². The van der Waals surface area contributed by atoms with E-state index in [9.17, 15) is 4.79 Å². The maximum Gasteiger partial charge on any atom is 0.236 e. The summed E-state index contributed by atoms with van der Waals surface area (Å²) in [7, 11) is 1.72. The summed E-state index contributed by atoms with van der Waals surface area (Å²) in [5, 5.41) is 3.06. The number of nitrogens with one attached hydrogen (secondary N) is 1. The number of ether oxygens (including phenoxy) is 1. The fourth-order valence-electron chi connectivity index (χ4n) is 2.06. The molecular formula is C13H25N3O2. The van der Waals surface area contributed by atoms with Crippen LogP contribution in [0.2, 0.25) is 0 Å². The van der Waals surface area contributed by atoms with Crippen molar-refractivity contribution in [2.75, 3.05) is 59.5 Å². The first-order valence-electron chi connectivity index (χ1n) is 6.58. The molecule has 0 unspecified atom stereocenters. The van der Waals surface area contributed by atoms with Gasteiger partial charge in [0.1, 0.15) is 0 Å². The molecule has 0 radical (unpaired) electrons. The summed E-state index contributed by atoms with van der Waals surface area (Å²) < 4.78 is 5.08. The minimum Gasteiger partial charge on any atom is -0.383 e. The first kappa shape index (κ1) is 15.1. The number of carbonyl (C=O) groups is 1. The molecule has 1 heterocycles. The van der Waals surface area contributed by atoms with Crippen LogP contribution in [0, 0.1) is 0 Å². The van der Waals surface area contributed by atoms with Crippen LogP contribution in [-0.2, 0) is 9.53 Å². The van der Waals surface area contributed by atoms with Gasteiger partial charge >= 0.3 is 0 Å². The summed E-state index contributed by atoms with van der Waals surface area (Å²) in [6, 6.07) is 0. The third-order valence-electron chi connectivity index (χ3n) is 3.12. The predicted molar refractivity (Wildman–Crippen MR) is 72.6 cm³/mol. The van der Waals surface area contributed by atoms with Gasteiger partial charge in [0.25, 0.3) is 0 Å². The van der Waals surface area contributed by atoms with Gasteiger partial charge in [-0.3, -0.25) is 9.69 Å². The number of nitrogens with zero attached hydrogens (tertiary/aromatic N) is 2. The Hall–Kier alpha value is -0.910. The first-order chi connectivity index (χ1) is 8.77. The Morgan fingerprint density at radius 1 is 1.39 bits per heavy atom. The number of rotatable bonds is 7. The van der Waals surface area contributed by atoms with Crippen LogP contribution in [0.25, 0.3) is 0 Å². The lowest BCUT2D eigenvalue weighted by Crippen LogP contribution is -2.40. The molecule has 1 fully saturated rings. The summed E-state index contributed by atoms with van der Waals surface area (Å²) in [5.41, 5.74) is 0. The Balaban J connectivity index is 2.27. The zero-order valence-corrected chi connectivity index (χ0v) is 11.4. The minimum absolute atomic E-state index is 0.186. The quantitative estimate of drug-likeness (QED) is 0.511. The van der Waals surface area contributed by atoms with Crippen molar-refractivity contribution < 1.29 is 9.53 Å². The van der Waals surface area contributed by atoms with Crippen molar-refractivity contribution in [2.45, 2.75) is 6.42 Å².